The predicted molar refractivity (Wildman–Crippen MR) is 94.3 cm³/mol. The van der Waals surface area contributed by atoms with Crippen molar-refractivity contribution in [1.29, 1.82) is 0 Å². The lowest BCUT2D eigenvalue weighted by atomic mass is 10.4. The van der Waals surface area contributed by atoms with E-state index >= 15 is 0 Å². The minimum absolute atomic E-state index is 0.0593. The molecule has 0 heterocycles. The largest absolute Gasteiger partial charge is 0.460 e. The Hall–Kier alpha value is -2.14. The molecule has 1 aromatic carbocycles. The van der Waals surface area contributed by atoms with Crippen molar-refractivity contribution in [2.45, 2.75) is 0 Å². The van der Waals surface area contributed by atoms with Gasteiger partial charge in [0.25, 0.3) is 0 Å². The number of carbonyl (C=O) groups excluding carboxylic acids is 2. The van der Waals surface area contributed by atoms with Gasteiger partial charge >= 0.3 is 11.9 Å². The number of ether oxygens (including phenoxy) is 2. The van der Waals surface area contributed by atoms with E-state index in [4.69, 9.17) is 18.5 Å². The Morgan fingerprint density at radius 3 is 1.75 bits per heavy atom. The SMILES string of the molecule is C=CC(=O)OCCOP(=C)(OCCOC(=O)C=C)c1ccccc1. The Labute approximate surface area is 141 Å². The summed E-state index contributed by atoms with van der Waals surface area (Å²) in [5.41, 5.74) is 0. The third-order valence-electron chi connectivity index (χ3n) is 2.74. The smallest absolute Gasteiger partial charge is 0.330 e. The number of rotatable bonds is 11. The maximum Gasteiger partial charge on any atom is 0.330 e. The lowest BCUT2D eigenvalue weighted by Crippen LogP contribution is -2.16. The van der Waals surface area contributed by atoms with Crippen LogP contribution in [0, 0.1) is 0 Å². The minimum atomic E-state index is -2.64. The molecule has 0 atom stereocenters. The molecule has 0 aliphatic rings. The molecule has 0 spiro atoms. The van der Waals surface area contributed by atoms with Crippen LogP contribution in [0.2, 0.25) is 0 Å². The molecule has 0 N–H and O–H groups in total. The molecule has 0 aromatic heterocycles. The van der Waals surface area contributed by atoms with Gasteiger partial charge in [0.2, 0.25) is 0 Å². The van der Waals surface area contributed by atoms with Gasteiger partial charge in [0, 0.05) is 17.5 Å². The van der Waals surface area contributed by atoms with Crippen molar-refractivity contribution < 1.29 is 28.1 Å². The third kappa shape index (κ3) is 6.96. The van der Waals surface area contributed by atoms with Gasteiger partial charge in [-0.25, -0.2) is 9.59 Å². The summed E-state index contributed by atoms with van der Waals surface area (Å²) in [7, 11) is -2.64. The molecule has 0 amide bonds. The average Bonchev–Trinajstić information content (AvgIpc) is 2.62. The number of carbonyl (C=O) groups is 2. The van der Waals surface area contributed by atoms with Crippen LogP contribution >= 0.6 is 7.34 Å². The fourth-order valence-electron chi connectivity index (χ4n) is 1.61. The van der Waals surface area contributed by atoms with Crippen LogP contribution in [0.5, 0.6) is 0 Å². The highest BCUT2D eigenvalue weighted by atomic mass is 31.2. The van der Waals surface area contributed by atoms with E-state index in [1.807, 2.05) is 30.3 Å². The first-order valence-electron chi connectivity index (χ1n) is 7.18. The molecule has 1 aromatic rings. The quantitative estimate of drug-likeness (QED) is 0.263. The number of benzene rings is 1. The lowest BCUT2D eigenvalue weighted by Gasteiger charge is -2.25. The van der Waals surface area contributed by atoms with Crippen LogP contribution in [0.3, 0.4) is 0 Å². The highest BCUT2D eigenvalue weighted by molar-refractivity contribution is 7.72. The van der Waals surface area contributed by atoms with E-state index in [1.165, 1.54) is 0 Å². The minimum Gasteiger partial charge on any atom is -0.460 e. The van der Waals surface area contributed by atoms with Gasteiger partial charge in [0.15, 0.2) is 0 Å². The van der Waals surface area contributed by atoms with Crippen LogP contribution in [0.1, 0.15) is 0 Å². The molecule has 130 valence electrons. The summed E-state index contributed by atoms with van der Waals surface area (Å²) in [6.45, 7) is 6.99. The molecule has 1 rings (SSSR count). The molecular formula is C17H21O6P. The van der Waals surface area contributed by atoms with Crippen molar-refractivity contribution in [3.63, 3.8) is 0 Å². The van der Waals surface area contributed by atoms with E-state index in [9.17, 15) is 9.59 Å². The molecule has 0 aliphatic heterocycles. The van der Waals surface area contributed by atoms with E-state index in [0.717, 1.165) is 17.5 Å². The maximum atomic E-state index is 11.0. The van der Waals surface area contributed by atoms with E-state index < -0.39 is 19.3 Å². The lowest BCUT2D eigenvalue weighted by molar-refractivity contribution is -0.139. The van der Waals surface area contributed by atoms with Crippen molar-refractivity contribution >= 4 is 30.9 Å². The van der Waals surface area contributed by atoms with Gasteiger partial charge in [0.05, 0.1) is 13.2 Å². The Morgan fingerprint density at radius 1 is 0.875 bits per heavy atom. The molecule has 0 fully saturated rings. The van der Waals surface area contributed by atoms with Crippen molar-refractivity contribution in [3.05, 3.63) is 55.6 Å². The second-order valence-electron chi connectivity index (χ2n) is 4.42. The molecule has 6 nitrogen and oxygen atoms in total. The van der Waals surface area contributed by atoms with Crippen LogP contribution in [0.15, 0.2) is 55.6 Å². The normalized spacial score (nSPS) is 10.7. The molecule has 24 heavy (non-hydrogen) atoms. The van der Waals surface area contributed by atoms with E-state index in [0.29, 0.717) is 0 Å². The number of hydrogen-bond acceptors (Lipinski definition) is 6. The first kappa shape index (κ1) is 19.9. The fourth-order valence-corrected chi connectivity index (χ4v) is 3.35. The Bertz CT molecular complexity index is 579. The first-order chi connectivity index (χ1) is 11.5. The van der Waals surface area contributed by atoms with Crippen LogP contribution in [0.25, 0.3) is 0 Å². The summed E-state index contributed by atoms with van der Waals surface area (Å²) in [5, 5.41) is 0.787. The third-order valence-corrected chi connectivity index (χ3v) is 5.02. The van der Waals surface area contributed by atoms with Crippen molar-refractivity contribution in [2.75, 3.05) is 26.4 Å². The summed E-state index contributed by atoms with van der Waals surface area (Å²) in [5.74, 6) is -1.05. The van der Waals surface area contributed by atoms with Gasteiger partial charge in [-0.3, -0.25) is 0 Å². The standard InChI is InChI=1S/C17H21O6P/c1-4-16(18)20-11-13-22-24(3,15-9-7-6-8-10-15)23-14-12-21-17(19)5-2/h4-10H,1-3,11-14H2. The Kier molecular flexibility index (Phi) is 8.79. The average molecular weight is 352 g/mol. The summed E-state index contributed by atoms with van der Waals surface area (Å²) >= 11 is 0. The topological polar surface area (TPSA) is 71.1 Å². The van der Waals surface area contributed by atoms with Crippen molar-refractivity contribution in [2.24, 2.45) is 0 Å². The summed E-state index contributed by atoms with van der Waals surface area (Å²) in [6.07, 6.45) is 6.21. The van der Waals surface area contributed by atoms with Gasteiger partial charge in [-0.2, -0.15) is 0 Å². The molecule has 7 heteroatoms. The molecule has 0 saturated carbocycles. The summed E-state index contributed by atoms with van der Waals surface area (Å²) in [6, 6.07) is 9.24. The molecular weight excluding hydrogens is 331 g/mol. The second-order valence-corrected chi connectivity index (χ2v) is 6.80. The summed E-state index contributed by atoms with van der Waals surface area (Å²) in [4.78, 5) is 22.0. The highest BCUT2D eigenvalue weighted by Gasteiger charge is 2.19. The van der Waals surface area contributed by atoms with Gasteiger partial charge in [-0.1, -0.05) is 43.5 Å². The monoisotopic (exact) mass is 352 g/mol. The molecule has 0 unspecified atom stereocenters. The molecule has 0 bridgehead atoms. The van der Waals surface area contributed by atoms with Crippen molar-refractivity contribution in [3.8, 4) is 0 Å². The van der Waals surface area contributed by atoms with Crippen LogP contribution in [0.4, 0.5) is 0 Å². The second kappa shape index (κ2) is 10.6. The molecule has 0 aliphatic carbocycles. The van der Waals surface area contributed by atoms with Crippen LogP contribution in [-0.4, -0.2) is 44.7 Å². The zero-order valence-electron chi connectivity index (χ0n) is 13.4. The van der Waals surface area contributed by atoms with E-state index in [-0.39, 0.29) is 26.4 Å². The zero-order valence-corrected chi connectivity index (χ0v) is 14.3. The van der Waals surface area contributed by atoms with E-state index in [2.05, 4.69) is 19.5 Å². The fraction of sp³-hybridized carbons (Fsp3) is 0.235. The Balaban J connectivity index is 2.61. The summed E-state index contributed by atoms with van der Waals surface area (Å²) < 4.78 is 21.2. The highest BCUT2D eigenvalue weighted by Crippen LogP contribution is 2.46. The van der Waals surface area contributed by atoms with Gasteiger partial charge in [0.1, 0.15) is 20.6 Å². The predicted octanol–water partition coefficient (Wildman–Crippen LogP) is 2.08. The molecule has 0 radical (unpaired) electrons. The number of hydrogen-bond donors (Lipinski definition) is 0. The van der Waals surface area contributed by atoms with Gasteiger partial charge < -0.3 is 18.5 Å². The maximum absolute atomic E-state index is 11.0. The van der Waals surface area contributed by atoms with E-state index in [1.54, 1.807) is 0 Å². The number of esters is 2. The molecule has 0 saturated heterocycles. The first-order valence-corrected chi connectivity index (χ1v) is 8.99. The van der Waals surface area contributed by atoms with Gasteiger partial charge in [-0.15, -0.1) is 0 Å². The Morgan fingerprint density at radius 2 is 1.33 bits per heavy atom. The zero-order chi connectivity index (χ0) is 17.8. The van der Waals surface area contributed by atoms with Crippen molar-refractivity contribution in [1.82, 2.24) is 0 Å². The van der Waals surface area contributed by atoms with Gasteiger partial charge in [-0.05, 0) is 6.30 Å². The van der Waals surface area contributed by atoms with Crippen LogP contribution < -0.4 is 5.30 Å². The van der Waals surface area contributed by atoms with Crippen LogP contribution in [-0.2, 0) is 28.1 Å².